The lowest BCUT2D eigenvalue weighted by atomic mass is 10.2. The van der Waals surface area contributed by atoms with Gasteiger partial charge in [-0.1, -0.05) is 18.2 Å². The van der Waals surface area contributed by atoms with Gasteiger partial charge in [0.15, 0.2) is 5.82 Å². The maximum atomic E-state index is 4.45. The zero-order chi connectivity index (χ0) is 13.1. The number of nitrogens with zero attached hydrogens (tertiary/aromatic N) is 5. The van der Waals surface area contributed by atoms with Crippen LogP contribution in [0.1, 0.15) is 12.7 Å². The molecule has 6 heteroatoms. The predicted molar refractivity (Wildman–Crippen MR) is 72.6 cm³/mol. The van der Waals surface area contributed by atoms with Crippen LogP contribution in [0.3, 0.4) is 0 Å². The molecule has 0 bridgehead atoms. The van der Waals surface area contributed by atoms with E-state index in [2.05, 4.69) is 32.4 Å². The average molecular weight is 254 g/mol. The Kier molecular flexibility index (Phi) is 3.06. The van der Waals surface area contributed by atoms with E-state index < -0.39 is 0 Å². The predicted octanol–water partition coefficient (Wildman–Crippen LogP) is 1.85. The van der Waals surface area contributed by atoms with Crippen molar-refractivity contribution in [2.24, 2.45) is 0 Å². The first kappa shape index (κ1) is 11.6. The van der Waals surface area contributed by atoms with Crippen molar-refractivity contribution in [2.45, 2.75) is 20.0 Å². The first-order valence-electron chi connectivity index (χ1n) is 6.19. The number of aromatic nitrogens is 5. The number of hydrogen-bond acceptors (Lipinski definition) is 5. The summed E-state index contributed by atoms with van der Waals surface area (Å²) in [5, 5.41) is 12.1. The van der Waals surface area contributed by atoms with Crippen molar-refractivity contribution < 1.29 is 0 Å². The third-order valence-corrected chi connectivity index (χ3v) is 2.93. The lowest BCUT2D eigenvalue weighted by Crippen LogP contribution is -2.09. The molecule has 3 rings (SSSR count). The summed E-state index contributed by atoms with van der Waals surface area (Å²) in [6.45, 7) is 3.47. The lowest BCUT2D eigenvalue weighted by Gasteiger charge is -2.06. The van der Waals surface area contributed by atoms with E-state index >= 15 is 0 Å². The molecule has 0 saturated heterocycles. The van der Waals surface area contributed by atoms with Gasteiger partial charge in [0.2, 0.25) is 5.95 Å². The van der Waals surface area contributed by atoms with E-state index in [1.54, 1.807) is 6.33 Å². The molecule has 3 aromatic rings. The number of anilines is 1. The van der Waals surface area contributed by atoms with Crippen molar-refractivity contribution in [3.8, 4) is 0 Å². The van der Waals surface area contributed by atoms with Crippen LogP contribution in [-0.4, -0.2) is 24.7 Å². The summed E-state index contributed by atoms with van der Waals surface area (Å²) in [4.78, 5) is 8.73. The number of fused-ring (bicyclic) bond motifs is 1. The molecule has 1 N–H and O–H groups in total. The van der Waals surface area contributed by atoms with Gasteiger partial charge >= 0.3 is 0 Å². The largest absolute Gasteiger partial charge is 0.347 e. The normalized spacial score (nSPS) is 10.8. The molecule has 0 saturated carbocycles. The second-order valence-electron chi connectivity index (χ2n) is 4.14. The smallest absolute Gasteiger partial charge is 0.223 e. The molecule has 0 aliphatic heterocycles. The molecule has 0 atom stereocenters. The van der Waals surface area contributed by atoms with Gasteiger partial charge in [-0.25, -0.2) is 9.97 Å². The minimum absolute atomic E-state index is 0.562. The molecular weight excluding hydrogens is 240 g/mol. The zero-order valence-corrected chi connectivity index (χ0v) is 10.6. The van der Waals surface area contributed by atoms with Crippen molar-refractivity contribution in [1.82, 2.24) is 24.7 Å². The van der Waals surface area contributed by atoms with Gasteiger partial charge in [-0.15, -0.1) is 10.2 Å². The number of benzene rings is 1. The highest BCUT2D eigenvalue weighted by molar-refractivity contribution is 5.78. The van der Waals surface area contributed by atoms with Crippen LogP contribution in [0.2, 0.25) is 0 Å². The molecule has 96 valence electrons. The van der Waals surface area contributed by atoms with Crippen LogP contribution < -0.4 is 5.32 Å². The van der Waals surface area contributed by atoms with Crippen LogP contribution in [0.5, 0.6) is 0 Å². The van der Waals surface area contributed by atoms with Crippen LogP contribution >= 0.6 is 0 Å². The molecule has 0 aliphatic rings. The summed E-state index contributed by atoms with van der Waals surface area (Å²) in [6.07, 6.45) is 3.54. The summed E-state index contributed by atoms with van der Waals surface area (Å²) in [6, 6.07) is 7.90. The SMILES string of the molecule is CCn1cnnc1CNc1ncc2ccccc2n1. The van der Waals surface area contributed by atoms with Gasteiger partial charge in [-0.3, -0.25) is 0 Å². The van der Waals surface area contributed by atoms with E-state index in [-0.39, 0.29) is 0 Å². The molecule has 0 unspecified atom stereocenters. The van der Waals surface area contributed by atoms with Crippen LogP contribution in [-0.2, 0) is 13.1 Å². The van der Waals surface area contributed by atoms with Crippen LogP contribution in [0.4, 0.5) is 5.95 Å². The Labute approximate surface area is 110 Å². The molecular formula is C13H14N6. The Morgan fingerprint density at radius 1 is 1.26 bits per heavy atom. The van der Waals surface area contributed by atoms with Gasteiger partial charge in [0.25, 0.3) is 0 Å². The monoisotopic (exact) mass is 254 g/mol. The number of rotatable bonds is 4. The topological polar surface area (TPSA) is 68.5 Å². The van der Waals surface area contributed by atoms with Gasteiger partial charge in [-0.2, -0.15) is 0 Å². The van der Waals surface area contributed by atoms with Gasteiger partial charge < -0.3 is 9.88 Å². The highest BCUT2D eigenvalue weighted by atomic mass is 15.3. The van der Waals surface area contributed by atoms with E-state index in [1.807, 2.05) is 35.0 Å². The van der Waals surface area contributed by atoms with E-state index in [0.29, 0.717) is 12.5 Å². The van der Waals surface area contributed by atoms with E-state index in [9.17, 15) is 0 Å². The van der Waals surface area contributed by atoms with Crippen molar-refractivity contribution in [1.29, 1.82) is 0 Å². The summed E-state index contributed by atoms with van der Waals surface area (Å²) in [5.41, 5.74) is 0.928. The van der Waals surface area contributed by atoms with E-state index in [1.165, 1.54) is 0 Å². The fraction of sp³-hybridized carbons (Fsp3) is 0.231. The lowest BCUT2D eigenvalue weighted by molar-refractivity contribution is 0.706. The fourth-order valence-corrected chi connectivity index (χ4v) is 1.90. The molecule has 1 aromatic carbocycles. The van der Waals surface area contributed by atoms with Crippen molar-refractivity contribution in [2.75, 3.05) is 5.32 Å². The van der Waals surface area contributed by atoms with Crippen LogP contribution in [0.25, 0.3) is 10.9 Å². The number of aryl methyl sites for hydroxylation is 1. The fourth-order valence-electron chi connectivity index (χ4n) is 1.90. The number of hydrogen-bond donors (Lipinski definition) is 1. The standard InChI is InChI=1S/C13H14N6/c1-2-19-9-16-18-12(19)8-15-13-14-7-10-5-3-4-6-11(10)17-13/h3-7,9H,2,8H2,1H3,(H,14,15,17). The van der Waals surface area contributed by atoms with E-state index in [0.717, 1.165) is 23.3 Å². The second-order valence-corrected chi connectivity index (χ2v) is 4.14. The van der Waals surface area contributed by atoms with Gasteiger partial charge in [0.1, 0.15) is 6.33 Å². The Bertz CT molecular complexity index is 690. The Morgan fingerprint density at radius 3 is 3.05 bits per heavy atom. The molecule has 0 fully saturated rings. The number of para-hydroxylation sites is 1. The Hall–Kier alpha value is -2.50. The highest BCUT2D eigenvalue weighted by Gasteiger charge is 2.04. The van der Waals surface area contributed by atoms with Crippen molar-refractivity contribution in [3.63, 3.8) is 0 Å². The summed E-state index contributed by atoms with van der Waals surface area (Å²) < 4.78 is 1.98. The molecule has 2 aromatic heterocycles. The summed E-state index contributed by atoms with van der Waals surface area (Å²) in [5.74, 6) is 1.48. The quantitative estimate of drug-likeness (QED) is 0.769. The molecule has 19 heavy (non-hydrogen) atoms. The average Bonchev–Trinajstić information content (AvgIpc) is 2.92. The third-order valence-electron chi connectivity index (χ3n) is 2.93. The maximum absolute atomic E-state index is 4.45. The molecule has 2 heterocycles. The van der Waals surface area contributed by atoms with E-state index in [4.69, 9.17) is 0 Å². The minimum atomic E-state index is 0.562. The van der Waals surface area contributed by atoms with Gasteiger partial charge in [0.05, 0.1) is 12.1 Å². The first-order chi connectivity index (χ1) is 9.36. The van der Waals surface area contributed by atoms with Crippen molar-refractivity contribution >= 4 is 16.9 Å². The molecule has 6 nitrogen and oxygen atoms in total. The van der Waals surface area contributed by atoms with Gasteiger partial charge in [-0.05, 0) is 13.0 Å². The Balaban J connectivity index is 1.78. The van der Waals surface area contributed by atoms with Crippen molar-refractivity contribution in [3.05, 3.63) is 42.6 Å². The summed E-state index contributed by atoms with van der Waals surface area (Å²) >= 11 is 0. The first-order valence-corrected chi connectivity index (χ1v) is 6.19. The van der Waals surface area contributed by atoms with Crippen LogP contribution in [0.15, 0.2) is 36.8 Å². The third kappa shape index (κ3) is 2.37. The molecule has 0 radical (unpaired) electrons. The van der Waals surface area contributed by atoms with Crippen LogP contribution in [0, 0.1) is 0 Å². The highest BCUT2D eigenvalue weighted by Crippen LogP contribution is 2.12. The zero-order valence-electron chi connectivity index (χ0n) is 10.6. The maximum Gasteiger partial charge on any atom is 0.223 e. The molecule has 0 amide bonds. The number of nitrogens with one attached hydrogen (secondary N) is 1. The minimum Gasteiger partial charge on any atom is -0.347 e. The van der Waals surface area contributed by atoms with Gasteiger partial charge in [0, 0.05) is 18.1 Å². The second kappa shape index (κ2) is 5.01. The molecule has 0 spiro atoms. The molecule has 0 aliphatic carbocycles. The Morgan fingerprint density at radius 2 is 2.16 bits per heavy atom. The summed E-state index contributed by atoms with van der Waals surface area (Å²) in [7, 11) is 0.